The van der Waals surface area contributed by atoms with E-state index in [-0.39, 0.29) is 12.2 Å². The molecule has 194 valence electrons. The molecule has 0 saturated heterocycles. The maximum Gasteiger partial charge on any atom is 0.229 e. The minimum atomic E-state index is -0.174. The number of hydrogen-bond donors (Lipinski definition) is 1. The standard InChI is InChI=1S/C28H20Cl2N6O3/c1-4-18(37)10-16-9-15(13-31)5-6-20(16)34-28-33-14-17-11-19(27-32-7-8-36(27)26(17)35-28)23-24(29)21(38-2)12-22(39-3)25(23)30/h4-9,11-12,14H,1,10H2,2-3H3,(H,33,34,35). The zero-order valence-electron chi connectivity index (χ0n) is 20.8. The highest BCUT2D eigenvalue weighted by Crippen LogP contribution is 2.47. The Morgan fingerprint density at radius 2 is 1.87 bits per heavy atom. The molecule has 0 spiro atoms. The molecule has 5 aromatic rings. The molecule has 0 radical (unpaired) electrons. The second-order valence-electron chi connectivity index (χ2n) is 8.39. The Balaban J connectivity index is 1.64. The number of pyridine rings is 1. The highest BCUT2D eigenvalue weighted by molar-refractivity contribution is 6.41. The van der Waals surface area contributed by atoms with Gasteiger partial charge in [0.05, 0.1) is 35.9 Å². The van der Waals surface area contributed by atoms with E-state index in [0.29, 0.717) is 72.1 Å². The summed E-state index contributed by atoms with van der Waals surface area (Å²) in [6.45, 7) is 3.53. The normalized spacial score (nSPS) is 10.8. The third-order valence-corrected chi connectivity index (χ3v) is 6.87. The van der Waals surface area contributed by atoms with Gasteiger partial charge in [0.25, 0.3) is 0 Å². The lowest BCUT2D eigenvalue weighted by atomic mass is 10.0. The number of nitrogens with zero attached hydrogens (tertiary/aromatic N) is 5. The van der Waals surface area contributed by atoms with Crippen LogP contribution in [0.2, 0.25) is 10.0 Å². The van der Waals surface area contributed by atoms with Crippen molar-refractivity contribution in [1.29, 1.82) is 5.26 Å². The number of ketones is 1. The zero-order valence-corrected chi connectivity index (χ0v) is 22.3. The Kier molecular flexibility index (Phi) is 7.07. The van der Waals surface area contributed by atoms with Gasteiger partial charge < -0.3 is 14.8 Å². The predicted molar refractivity (Wildman–Crippen MR) is 150 cm³/mol. The number of aromatic nitrogens is 4. The smallest absolute Gasteiger partial charge is 0.229 e. The third kappa shape index (κ3) is 4.72. The minimum Gasteiger partial charge on any atom is -0.495 e. The summed E-state index contributed by atoms with van der Waals surface area (Å²) in [7, 11) is 3.03. The van der Waals surface area contributed by atoms with Crippen LogP contribution >= 0.6 is 23.2 Å². The molecule has 0 atom stereocenters. The van der Waals surface area contributed by atoms with Crippen molar-refractivity contribution in [3.8, 4) is 28.7 Å². The van der Waals surface area contributed by atoms with E-state index in [2.05, 4.69) is 27.9 Å². The Morgan fingerprint density at radius 1 is 1.13 bits per heavy atom. The number of carbonyl (C=O) groups is 1. The lowest BCUT2D eigenvalue weighted by Crippen LogP contribution is -2.06. The topological polar surface area (TPSA) is 114 Å². The monoisotopic (exact) mass is 558 g/mol. The summed E-state index contributed by atoms with van der Waals surface area (Å²) in [5, 5.41) is 13.8. The van der Waals surface area contributed by atoms with E-state index >= 15 is 0 Å². The van der Waals surface area contributed by atoms with Gasteiger partial charge >= 0.3 is 0 Å². The maximum absolute atomic E-state index is 12.0. The number of carbonyl (C=O) groups excluding carboxylic acids is 1. The van der Waals surface area contributed by atoms with Gasteiger partial charge in [-0.25, -0.2) is 9.97 Å². The largest absolute Gasteiger partial charge is 0.495 e. The molecule has 11 heteroatoms. The highest BCUT2D eigenvalue weighted by atomic mass is 35.5. The van der Waals surface area contributed by atoms with Crippen molar-refractivity contribution >= 4 is 57.3 Å². The van der Waals surface area contributed by atoms with Crippen LogP contribution in [0.15, 0.2) is 61.6 Å². The van der Waals surface area contributed by atoms with Gasteiger partial charge in [-0.1, -0.05) is 29.8 Å². The maximum atomic E-state index is 12.0. The van der Waals surface area contributed by atoms with Gasteiger partial charge in [0, 0.05) is 53.3 Å². The van der Waals surface area contributed by atoms with E-state index in [9.17, 15) is 10.1 Å². The Labute approximate surface area is 233 Å². The molecule has 1 N–H and O–H groups in total. The van der Waals surface area contributed by atoms with E-state index in [0.717, 1.165) is 0 Å². The molecule has 0 aliphatic carbocycles. The van der Waals surface area contributed by atoms with Crippen molar-refractivity contribution in [2.45, 2.75) is 6.42 Å². The van der Waals surface area contributed by atoms with Gasteiger partial charge in [-0.05, 0) is 35.9 Å². The third-order valence-electron chi connectivity index (χ3n) is 6.12. The fourth-order valence-corrected chi connectivity index (χ4v) is 4.95. The molecule has 2 aromatic carbocycles. The molecule has 0 aliphatic rings. The average Bonchev–Trinajstić information content (AvgIpc) is 3.45. The lowest BCUT2D eigenvalue weighted by molar-refractivity contribution is -0.114. The van der Waals surface area contributed by atoms with Crippen LogP contribution in [0.1, 0.15) is 11.1 Å². The molecule has 3 heterocycles. The summed E-state index contributed by atoms with van der Waals surface area (Å²) in [4.78, 5) is 25.8. The van der Waals surface area contributed by atoms with Crippen LogP contribution in [0.4, 0.5) is 11.6 Å². The first-order chi connectivity index (χ1) is 18.9. The van der Waals surface area contributed by atoms with Crippen molar-refractivity contribution in [3.63, 3.8) is 0 Å². The first kappa shape index (κ1) is 26.0. The average molecular weight is 559 g/mol. The number of allylic oxidation sites excluding steroid dienone is 1. The second-order valence-corrected chi connectivity index (χ2v) is 9.15. The van der Waals surface area contributed by atoms with Gasteiger partial charge in [0.1, 0.15) is 17.1 Å². The summed E-state index contributed by atoms with van der Waals surface area (Å²) in [6.07, 6.45) is 6.40. The van der Waals surface area contributed by atoms with Crippen molar-refractivity contribution in [2.75, 3.05) is 19.5 Å². The number of anilines is 2. The molecule has 5 rings (SSSR count). The fourth-order valence-electron chi connectivity index (χ4n) is 4.25. The fraction of sp³-hybridized carbons (Fsp3) is 0.107. The highest BCUT2D eigenvalue weighted by Gasteiger charge is 2.22. The van der Waals surface area contributed by atoms with Crippen molar-refractivity contribution in [3.05, 3.63) is 82.7 Å². The molecular formula is C28H20Cl2N6O3. The molecule has 39 heavy (non-hydrogen) atoms. The lowest BCUT2D eigenvalue weighted by Gasteiger charge is -2.16. The molecule has 3 aromatic heterocycles. The van der Waals surface area contributed by atoms with E-state index in [1.54, 1.807) is 47.3 Å². The molecule has 9 nitrogen and oxygen atoms in total. The summed E-state index contributed by atoms with van der Waals surface area (Å²) >= 11 is 13.4. The number of methoxy groups -OCH3 is 2. The molecule has 0 bridgehead atoms. The SMILES string of the molecule is C=CC(=O)Cc1cc(C#N)ccc1Nc1ncc2cc(-c3c(Cl)c(OC)cc(OC)c3Cl)c3nccn3c2n1. The Bertz CT molecular complexity index is 1800. The number of benzene rings is 2. The minimum absolute atomic E-state index is 0.0789. The van der Waals surface area contributed by atoms with Crippen LogP contribution in [0.3, 0.4) is 0 Å². The summed E-state index contributed by atoms with van der Waals surface area (Å²) in [5.74, 6) is 0.927. The van der Waals surface area contributed by atoms with Crippen LogP contribution in [0, 0.1) is 11.3 Å². The molecule has 0 aliphatic heterocycles. The number of halogens is 2. The van der Waals surface area contributed by atoms with Gasteiger partial charge in [-0.15, -0.1) is 0 Å². The number of rotatable bonds is 8. The van der Waals surface area contributed by atoms with E-state index < -0.39 is 0 Å². The van der Waals surface area contributed by atoms with Crippen molar-refractivity contribution < 1.29 is 14.3 Å². The Hall–Kier alpha value is -4.65. The summed E-state index contributed by atoms with van der Waals surface area (Å²) in [5.41, 5.74) is 3.94. The first-order valence-electron chi connectivity index (χ1n) is 11.6. The number of nitriles is 1. The summed E-state index contributed by atoms with van der Waals surface area (Å²) < 4.78 is 12.7. The van der Waals surface area contributed by atoms with E-state index in [1.165, 1.54) is 20.3 Å². The van der Waals surface area contributed by atoms with Crippen LogP contribution in [-0.2, 0) is 11.2 Å². The predicted octanol–water partition coefficient (Wildman–Crippen LogP) is 6.18. The first-order valence-corrected chi connectivity index (χ1v) is 12.3. The van der Waals surface area contributed by atoms with Crippen LogP contribution in [0.5, 0.6) is 11.5 Å². The zero-order chi connectivity index (χ0) is 27.7. The number of hydrogen-bond acceptors (Lipinski definition) is 8. The molecule has 0 saturated carbocycles. The van der Waals surface area contributed by atoms with Gasteiger partial charge in [-0.2, -0.15) is 10.2 Å². The number of nitrogens with one attached hydrogen (secondary N) is 1. The van der Waals surface area contributed by atoms with Crippen LogP contribution in [0.25, 0.3) is 27.8 Å². The van der Waals surface area contributed by atoms with Crippen LogP contribution < -0.4 is 14.8 Å². The van der Waals surface area contributed by atoms with Gasteiger partial charge in [-0.3, -0.25) is 9.20 Å². The van der Waals surface area contributed by atoms with Crippen molar-refractivity contribution in [2.24, 2.45) is 0 Å². The van der Waals surface area contributed by atoms with Gasteiger partial charge in [0.2, 0.25) is 5.95 Å². The van der Waals surface area contributed by atoms with Crippen molar-refractivity contribution in [1.82, 2.24) is 19.4 Å². The summed E-state index contributed by atoms with van der Waals surface area (Å²) in [6, 6.07) is 10.6. The van der Waals surface area contributed by atoms with E-state index in [4.69, 9.17) is 37.7 Å². The quantitative estimate of drug-likeness (QED) is 0.224. The number of fused-ring (bicyclic) bond motifs is 3. The second kappa shape index (κ2) is 10.6. The molecule has 0 fully saturated rings. The number of ether oxygens (including phenoxy) is 2. The molecule has 0 amide bonds. The van der Waals surface area contributed by atoms with Crippen LogP contribution in [-0.4, -0.2) is 39.4 Å². The number of imidazole rings is 1. The van der Waals surface area contributed by atoms with E-state index in [1.807, 2.05) is 6.07 Å². The molecule has 0 unspecified atom stereocenters. The van der Waals surface area contributed by atoms with Gasteiger partial charge in [0.15, 0.2) is 11.4 Å². The molecular weight excluding hydrogens is 539 g/mol. The Morgan fingerprint density at radius 3 is 2.54 bits per heavy atom.